The maximum Gasteiger partial charge on any atom is 0.282 e. The van der Waals surface area contributed by atoms with Gasteiger partial charge in [-0.1, -0.05) is 26.0 Å². The van der Waals surface area contributed by atoms with E-state index in [2.05, 4.69) is 0 Å². The predicted octanol–water partition coefficient (Wildman–Crippen LogP) is 1.51. The van der Waals surface area contributed by atoms with Crippen LogP contribution in [0.4, 0.5) is 0 Å². The van der Waals surface area contributed by atoms with Crippen LogP contribution < -0.4 is 9.47 Å². The van der Waals surface area contributed by atoms with Gasteiger partial charge in [0.15, 0.2) is 18.1 Å². The smallest absolute Gasteiger partial charge is 0.282 e. The van der Waals surface area contributed by atoms with E-state index >= 15 is 0 Å². The van der Waals surface area contributed by atoms with E-state index in [0.29, 0.717) is 50.8 Å². The lowest BCUT2D eigenvalue weighted by molar-refractivity contribution is -0.134. The van der Waals surface area contributed by atoms with Crippen molar-refractivity contribution >= 4 is 16.1 Å². The average molecular weight is 426 g/mol. The minimum Gasteiger partial charge on any atom is -0.483 e. The molecule has 1 aromatic rings. The van der Waals surface area contributed by atoms with Crippen LogP contribution in [0, 0.1) is 0 Å². The number of carbonyl (C=O) groups is 1. The van der Waals surface area contributed by atoms with E-state index in [0.717, 1.165) is 12.0 Å². The highest BCUT2D eigenvalue weighted by Gasteiger charge is 2.34. The van der Waals surface area contributed by atoms with Gasteiger partial charge in [-0.05, 0) is 19.9 Å². The number of carbonyl (C=O) groups excluding carboxylic acids is 1. The molecule has 0 N–H and O–H groups in total. The van der Waals surface area contributed by atoms with E-state index in [1.165, 1.54) is 8.61 Å². The molecule has 1 amide bonds. The first-order valence-electron chi connectivity index (χ1n) is 10.1. The van der Waals surface area contributed by atoms with Gasteiger partial charge in [-0.25, -0.2) is 0 Å². The first-order chi connectivity index (χ1) is 13.7. The summed E-state index contributed by atoms with van der Waals surface area (Å²) >= 11 is 0. The van der Waals surface area contributed by atoms with Crippen LogP contribution in [0.3, 0.4) is 0 Å². The normalized spacial score (nSPS) is 19.1. The molecule has 8 nitrogen and oxygen atoms in total. The van der Waals surface area contributed by atoms with Crippen LogP contribution in [-0.2, 0) is 21.4 Å². The summed E-state index contributed by atoms with van der Waals surface area (Å²) in [6, 6.07) is 5.72. The Kier molecular flexibility index (Phi) is 6.40. The fraction of sp³-hybridized carbons (Fsp3) is 0.650. The number of benzene rings is 1. The Morgan fingerprint density at radius 2 is 1.83 bits per heavy atom. The number of hydrogen-bond acceptors (Lipinski definition) is 5. The van der Waals surface area contributed by atoms with Crippen LogP contribution in [0.2, 0.25) is 0 Å². The highest BCUT2D eigenvalue weighted by molar-refractivity contribution is 7.86. The number of hydrogen-bond donors (Lipinski definition) is 0. The molecule has 0 atom stereocenters. The third kappa shape index (κ3) is 4.67. The number of ether oxygens (including phenoxy) is 2. The zero-order chi connectivity index (χ0) is 21.2. The highest BCUT2D eigenvalue weighted by Crippen LogP contribution is 2.41. The number of amides is 1. The Morgan fingerprint density at radius 1 is 1.17 bits per heavy atom. The van der Waals surface area contributed by atoms with Crippen molar-refractivity contribution in [1.29, 1.82) is 0 Å². The quantitative estimate of drug-likeness (QED) is 0.662. The van der Waals surface area contributed by atoms with Gasteiger partial charge in [0.2, 0.25) is 0 Å². The van der Waals surface area contributed by atoms with Crippen molar-refractivity contribution in [2.24, 2.45) is 0 Å². The van der Waals surface area contributed by atoms with Crippen molar-refractivity contribution in [2.45, 2.75) is 39.7 Å². The fourth-order valence-electron chi connectivity index (χ4n) is 3.81. The third-order valence-electron chi connectivity index (χ3n) is 5.36. The predicted molar refractivity (Wildman–Crippen MR) is 110 cm³/mol. The molecule has 162 valence electrons. The highest BCUT2D eigenvalue weighted by atomic mass is 32.2. The number of piperazine rings is 1. The zero-order valence-electron chi connectivity index (χ0n) is 17.7. The van der Waals surface area contributed by atoms with Crippen molar-refractivity contribution in [3.8, 4) is 11.5 Å². The Morgan fingerprint density at radius 3 is 2.45 bits per heavy atom. The summed E-state index contributed by atoms with van der Waals surface area (Å²) in [6.07, 6.45) is 0.802. The molecule has 0 radical (unpaired) electrons. The van der Waals surface area contributed by atoms with E-state index in [9.17, 15) is 13.2 Å². The van der Waals surface area contributed by atoms with Crippen LogP contribution in [0.15, 0.2) is 18.2 Å². The molecule has 0 spiro atoms. The SMILES string of the molecule is CCN(CC)S(=O)(=O)N1CCN(C(=O)COc2cccc3c2OC(C)(C)C3)CC1. The average Bonchev–Trinajstić information content (AvgIpc) is 3.01. The van der Waals surface area contributed by atoms with Crippen molar-refractivity contribution in [3.63, 3.8) is 0 Å². The lowest BCUT2D eigenvalue weighted by Crippen LogP contribution is -2.54. The molecule has 1 aromatic carbocycles. The maximum absolute atomic E-state index is 12.6. The summed E-state index contributed by atoms with van der Waals surface area (Å²) in [5.74, 6) is 1.13. The fourth-order valence-corrected chi connectivity index (χ4v) is 5.42. The zero-order valence-corrected chi connectivity index (χ0v) is 18.5. The first kappa shape index (κ1) is 21.9. The minimum atomic E-state index is -3.47. The van der Waals surface area contributed by atoms with Crippen molar-refractivity contribution in [1.82, 2.24) is 13.5 Å². The second-order valence-corrected chi connectivity index (χ2v) is 9.87. The van der Waals surface area contributed by atoms with Gasteiger partial charge in [0.25, 0.3) is 16.1 Å². The van der Waals surface area contributed by atoms with Gasteiger partial charge < -0.3 is 14.4 Å². The number of rotatable bonds is 7. The molecule has 0 aromatic heterocycles. The summed E-state index contributed by atoms with van der Waals surface area (Å²) in [7, 11) is -3.47. The van der Waals surface area contributed by atoms with E-state index in [4.69, 9.17) is 9.47 Å². The molecule has 0 unspecified atom stereocenters. The lowest BCUT2D eigenvalue weighted by Gasteiger charge is -2.36. The summed E-state index contributed by atoms with van der Waals surface area (Å²) in [4.78, 5) is 14.2. The van der Waals surface area contributed by atoms with Crippen LogP contribution in [0.25, 0.3) is 0 Å². The molecule has 1 saturated heterocycles. The standard InChI is InChI=1S/C20H31N3O5S/c1-5-22(6-2)29(25,26)23-12-10-21(11-13-23)18(24)15-27-17-9-7-8-16-14-20(3,4)28-19(16)17/h7-9H,5-6,10-15H2,1-4H3. The Hall–Kier alpha value is -1.84. The molecule has 3 rings (SSSR count). The van der Waals surface area contributed by atoms with Gasteiger partial charge >= 0.3 is 0 Å². The number of fused-ring (bicyclic) bond motifs is 1. The molecule has 2 aliphatic rings. The van der Waals surface area contributed by atoms with Crippen molar-refractivity contribution < 1.29 is 22.7 Å². The second kappa shape index (κ2) is 8.49. The van der Waals surface area contributed by atoms with Crippen LogP contribution in [0.5, 0.6) is 11.5 Å². The van der Waals surface area contributed by atoms with Gasteiger partial charge in [-0.2, -0.15) is 17.0 Å². The molecule has 0 aliphatic carbocycles. The van der Waals surface area contributed by atoms with Gasteiger partial charge in [0.1, 0.15) is 5.60 Å². The van der Waals surface area contributed by atoms with Crippen molar-refractivity contribution in [3.05, 3.63) is 23.8 Å². The molecular weight excluding hydrogens is 394 g/mol. The minimum absolute atomic E-state index is 0.0942. The monoisotopic (exact) mass is 425 g/mol. The second-order valence-electron chi connectivity index (χ2n) is 7.94. The van der Waals surface area contributed by atoms with Crippen LogP contribution >= 0.6 is 0 Å². The van der Waals surface area contributed by atoms with Crippen LogP contribution in [0.1, 0.15) is 33.3 Å². The number of para-hydroxylation sites is 1. The van der Waals surface area contributed by atoms with Gasteiger partial charge in [-0.15, -0.1) is 0 Å². The molecule has 2 heterocycles. The molecule has 1 fully saturated rings. The Labute approximate surface area is 173 Å². The van der Waals surface area contributed by atoms with Gasteiger partial charge in [0, 0.05) is 51.3 Å². The molecule has 0 bridgehead atoms. The molecule has 29 heavy (non-hydrogen) atoms. The van der Waals surface area contributed by atoms with E-state index in [1.54, 1.807) is 4.90 Å². The maximum atomic E-state index is 12.6. The summed E-state index contributed by atoms with van der Waals surface area (Å²) < 4.78 is 39.8. The Balaban J connectivity index is 1.55. The molecule has 0 saturated carbocycles. The summed E-state index contributed by atoms with van der Waals surface area (Å²) in [6.45, 7) is 9.78. The summed E-state index contributed by atoms with van der Waals surface area (Å²) in [5, 5.41) is 0. The van der Waals surface area contributed by atoms with E-state index in [-0.39, 0.29) is 18.1 Å². The van der Waals surface area contributed by atoms with Crippen molar-refractivity contribution in [2.75, 3.05) is 45.9 Å². The Bertz CT molecular complexity index is 844. The largest absolute Gasteiger partial charge is 0.483 e. The first-order valence-corrected chi connectivity index (χ1v) is 11.5. The molecular formula is C20H31N3O5S. The van der Waals surface area contributed by atoms with Gasteiger partial charge in [0.05, 0.1) is 0 Å². The molecule has 9 heteroatoms. The van der Waals surface area contributed by atoms with Crippen LogP contribution in [-0.4, -0.2) is 79.3 Å². The topological polar surface area (TPSA) is 79.4 Å². The number of nitrogens with zero attached hydrogens (tertiary/aromatic N) is 3. The third-order valence-corrected chi connectivity index (χ3v) is 7.54. The summed E-state index contributed by atoms with van der Waals surface area (Å²) in [5.41, 5.74) is 0.800. The van der Waals surface area contributed by atoms with E-state index in [1.807, 2.05) is 45.9 Å². The van der Waals surface area contributed by atoms with Gasteiger partial charge in [-0.3, -0.25) is 4.79 Å². The molecule has 2 aliphatic heterocycles. The lowest BCUT2D eigenvalue weighted by atomic mass is 10.0. The van der Waals surface area contributed by atoms with E-state index < -0.39 is 10.2 Å².